The molecule has 0 spiro atoms. The Morgan fingerprint density at radius 2 is 1.58 bits per heavy atom. The maximum absolute atomic E-state index is 15.6. The number of carbonyl (C=O) groups excluding carboxylic acids is 1. The van der Waals surface area contributed by atoms with Crippen LogP contribution in [-0.4, -0.2) is 123 Å². The fraction of sp³-hybridized carbons (Fsp3) is 0.558. The molecule has 7 rings (SSSR count). The number of phosphoric acid groups is 1. The molecule has 28 heteroatoms. The van der Waals surface area contributed by atoms with E-state index in [1.165, 1.54) is 17.2 Å². The van der Waals surface area contributed by atoms with Crippen molar-refractivity contribution in [3.63, 3.8) is 0 Å². The van der Waals surface area contributed by atoms with Gasteiger partial charge in [-0.3, -0.25) is 27.7 Å². The molecule has 4 aromatic heterocycles. The monoisotopic (exact) mass is 1060 g/mol. The Morgan fingerprint density at radius 1 is 0.930 bits per heavy atom. The molecule has 0 aliphatic carbocycles. The highest BCUT2D eigenvalue weighted by molar-refractivity contribution is 7.48. The number of halogens is 1. The van der Waals surface area contributed by atoms with Crippen LogP contribution in [0.4, 0.5) is 10.2 Å². The summed E-state index contributed by atoms with van der Waals surface area (Å²) in [6, 6.07) is 10.4. The number of fused-ring (bicyclic) bond motifs is 2. The molecule has 2 saturated heterocycles. The van der Waals surface area contributed by atoms with Gasteiger partial charge in [-0.2, -0.15) is 5.26 Å². The largest absolute Gasteiger partial charge is 0.695 e. The SMILES string of the molecule is CC(C)(C)[Si](C)(C)OC1C(CO)O[C@@H](n2cc(F)c3c(=O)[nH]cnc32)[C@@H]1OP(=O)(OCCC#N)OC[C@H]1O[C@@H](n2cnc3c(NC(=O)c4ccccc4)ncnc32)C(O[Si](C)(C)C(C)(C)C)[C@@H]1O[P+](=O)O. The highest BCUT2D eigenvalue weighted by atomic mass is 31.2. The van der Waals surface area contributed by atoms with Crippen molar-refractivity contribution in [1.29, 1.82) is 5.26 Å². The van der Waals surface area contributed by atoms with Crippen molar-refractivity contribution in [2.75, 3.05) is 25.1 Å². The number of hydrogen-bond acceptors (Lipinski definition) is 18. The first kappa shape index (κ1) is 54.2. The number of aromatic amines is 1. The van der Waals surface area contributed by atoms with Crippen LogP contribution in [-0.2, 0) is 45.6 Å². The van der Waals surface area contributed by atoms with Gasteiger partial charge in [-0.25, -0.2) is 28.9 Å². The zero-order valence-corrected chi connectivity index (χ0v) is 44.6. The Balaban J connectivity index is 1.28. The molecule has 4 N–H and O–H groups in total. The lowest BCUT2D eigenvalue weighted by atomic mass is 10.1. The number of nitrogens with zero attached hydrogens (tertiary/aromatic N) is 7. The molecule has 5 unspecified atom stereocenters. The molecular weight excluding hydrogens is 1000 g/mol. The van der Waals surface area contributed by atoms with Crippen LogP contribution < -0.4 is 10.9 Å². The van der Waals surface area contributed by atoms with Crippen molar-refractivity contribution >= 4 is 66.6 Å². The zero-order valence-electron chi connectivity index (χ0n) is 40.8. The van der Waals surface area contributed by atoms with Crippen LogP contribution >= 0.6 is 16.1 Å². The number of aliphatic hydroxyl groups excluding tert-OH is 1. The minimum Gasteiger partial charge on any atom is -0.408 e. The maximum Gasteiger partial charge on any atom is 0.695 e. The van der Waals surface area contributed by atoms with E-state index in [-0.39, 0.29) is 29.0 Å². The number of aromatic nitrogens is 7. The molecule has 2 aliphatic heterocycles. The predicted molar refractivity (Wildman–Crippen MR) is 258 cm³/mol. The minimum absolute atomic E-state index is 0.0768. The fourth-order valence-corrected chi connectivity index (χ4v) is 12.0. The number of rotatable bonds is 19. The number of benzene rings is 1. The minimum atomic E-state index is -5.02. The van der Waals surface area contributed by atoms with Crippen LogP contribution in [0.5, 0.6) is 0 Å². The molecule has 0 radical (unpaired) electrons. The van der Waals surface area contributed by atoms with Crippen LogP contribution in [0.15, 0.2) is 60.3 Å². The molecule has 0 bridgehead atoms. The van der Waals surface area contributed by atoms with Gasteiger partial charge in [0.25, 0.3) is 11.5 Å². The molecule has 71 heavy (non-hydrogen) atoms. The molecule has 5 aromatic rings. The standard InChI is InChI=1S/C43H58FN9O14P2Si2/c1-42(2,3)70(7,8)66-32-27(20-54)62-40(52-19-26(44)29-36(52)47-23-49-39(29)56)33(32)65-69(59,60-18-14-17-45)61-21-28-31(64-68(57)58)34(67-71(9,10)43(4,5)6)41(63-28)53-24-50-30-35(46-22-48-37(30)53)51-38(55)25-15-12-11-13-16-25/h11-13,15-16,19,22-24,27-28,31-34,40-41,54H,14,18,20-21H2,1-10H3,(H2-,46,47,48,49,51,55,56,57,58)/p+1/t27?,28-,31-,32?,33-,34?,40-,41-,69?/m1/s1. The lowest BCUT2D eigenvalue weighted by molar-refractivity contribution is -0.0628. The second-order valence-electron chi connectivity index (χ2n) is 20.0. The third-order valence-electron chi connectivity index (χ3n) is 13.3. The predicted octanol–water partition coefficient (Wildman–Crippen LogP) is 7.00. The Bertz CT molecular complexity index is 2890. The molecule has 0 saturated carbocycles. The highest BCUT2D eigenvalue weighted by Crippen LogP contribution is 2.56. The van der Waals surface area contributed by atoms with Gasteiger partial charge >= 0.3 is 16.1 Å². The van der Waals surface area contributed by atoms with E-state index < -0.39 is 134 Å². The van der Waals surface area contributed by atoms with E-state index >= 15 is 8.96 Å². The molecule has 2 aliphatic rings. The van der Waals surface area contributed by atoms with Gasteiger partial charge < -0.3 is 38.3 Å². The van der Waals surface area contributed by atoms with Gasteiger partial charge in [-0.05, 0) is 48.4 Å². The number of ether oxygens (including phenoxy) is 2. The number of amides is 1. The van der Waals surface area contributed by atoms with Gasteiger partial charge in [0.15, 0.2) is 63.6 Å². The number of nitriles is 1. The van der Waals surface area contributed by atoms with Gasteiger partial charge in [0.1, 0.15) is 42.2 Å². The number of H-pyrrole nitrogens is 1. The lowest BCUT2D eigenvalue weighted by Gasteiger charge is -2.40. The first-order valence-corrected chi connectivity index (χ1v) is 31.0. The number of anilines is 1. The summed E-state index contributed by atoms with van der Waals surface area (Å²) >= 11 is 0. The van der Waals surface area contributed by atoms with Crippen molar-refractivity contribution in [3.05, 3.63) is 77.2 Å². The second kappa shape index (κ2) is 21.1. The molecule has 23 nitrogen and oxygen atoms in total. The summed E-state index contributed by atoms with van der Waals surface area (Å²) in [7, 11) is -14.0. The average molecular weight is 1060 g/mol. The quantitative estimate of drug-likeness (QED) is 0.0368. The van der Waals surface area contributed by atoms with Crippen molar-refractivity contribution in [3.8, 4) is 6.07 Å². The van der Waals surface area contributed by atoms with E-state index in [0.717, 1.165) is 17.1 Å². The van der Waals surface area contributed by atoms with Gasteiger partial charge in [0.2, 0.25) is 0 Å². The van der Waals surface area contributed by atoms with Crippen LogP contribution in [0.1, 0.15) is 70.8 Å². The fourth-order valence-electron chi connectivity index (χ4n) is 7.55. The van der Waals surface area contributed by atoms with Crippen molar-refractivity contribution in [2.24, 2.45) is 0 Å². The second-order valence-corrected chi connectivity index (χ2v) is 31.9. The van der Waals surface area contributed by atoms with E-state index in [0.29, 0.717) is 5.56 Å². The summed E-state index contributed by atoms with van der Waals surface area (Å²) in [5, 5.41) is 21.8. The molecule has 1 amide bonds. The number of imidazole rings is 1. The van der Waals surface area contributed by atoms with Crippen molar-refractivity contribution < 1.29 is 64.7 Å². The van der Waals surface area contributed by atoms with E-state index in [1.807, 2.05) is 73.8 Å². The Kier molecular flexibility index (Phi) is 16.1. The van der Waals surface area contributed by atoms with E-state index in [2.05, 4.69) is 30.2 Å². The number of carbonyl (C=O) groups is 1. The first-order valence-electron chi connectivity index (χ1n) is 22.6. The average Bonchev–Trinajstić information content (AvgIpc) is 4.05. The third-order valence-corrected chi connectivity index (χ3v) is 24.1. The Hall–Kier alpha value is -4.56. The van der Waals surface area contributed by atoms with Crippen LogP contribution in [0.2, 0.25) is 36.3 Å². The van der Waals surface area contributed by atoms with Crippen molar-refractivity contribution in [1.82, 2.24) is 34.1 Å². The van der Waals surface area contributed by atoms with Crippen molar-refractivity contribution in [2.45, 2.75) is 133 Å². The smallest absolute Gasteiger partial charge is 0.408 e. The molecule has 6 heterocycles. The van der Waals surface area contributed by atoms with E-state index in [9.17, 15) is 29.4 Å². The number of phosphoric ester groups is 1. The Morgan fingerprint density at radius 3 is 2.21 bits per heavy atom. The molecule has 2 fully saturated rings. The highest BCUT2D eigenvalue weighted by Gasteiger charge is 2.58. The van der Waals surface area contributed by atoms with Gasteiger partial charge in [-0.1, -0.05) is 59.7 Å². The maximum atomic E-state index is 15.6. The van der Waals surface area contributed by atoms with E-state index in [1.54, 1.807) is 30.3 Å². The van der Waals surface area contributed by atoms with Crippen LogP contribution in [0, 0.1) is 17.1 Å². The molecule has 10 atom stereocenters. The summed E-state index contributed by atoms with van der Waals surface area (Å²) < 4.78 is 96.9. The number of aliphatic hydroxyl groups is 1. The first-order chi connectivity index (χ1) is 33.3. The molecule has 384 valence electrons. The topological polar surface area (TPSA) is 296 Å². The van der Waals surface area contributed by atoms with Crippen LogP contribution in [0.25, 0.3) is 22.2 Å². The summed E-state index contributed by atoms with van der Waals surface area (Å²) in [6.45, 7) is 17.8. The zero-order chi connectivity index (χ0) is 51.8. The summed E-state index contributed by atoms with van der Waals surface area (Å²) in [5.74, 6) is -1.34. The normalized spacial score (nSPS) is 24.3. The van der Waals surface area contributed by atoms with Crippen LogP contribution in [0.3, 0.4) is 0 Å². The summed E-state index contributed by atoms with van der Waals surface area (Å²) in [4.78, 5) is 56.2. The third kappa shape index (κ3) is 11.5. The lowest BCUT2D eigenvalue weighted by Crippen LogP contribution is -2.50. The summed E-state index contributed by atoms with van der Waals surface area (Å²) in [6.07, 6.45) is -6.37. The molecule has 1 aromatic carbocycles. The van der Waals surface area contributed by atoms with Gasteiger partial charge in [0.05, 0.1) is 45.0 Å². The summed E-state index contributed by atoms with van der Waals surface area (Å²) in [5.41, 5.74) is -0.261. The Labute approximate surface area is 411 Å². The van der Waals surface area contributed by atoms with E-state index in [4.69, 9.17) is 36.4 Å². The van der Waals surface area contributed by atoms with Gasteiger partial charge in [0, 0.05) is 16.3 Å². The number of nitrogens with one attached hydrogen (secondary N) is 2. The molecular formula is C43H59FN9O14P2Si2+. The number of hydrogen-bond donors (Lipinski definition) is 4. The van der Waals surface area contributed by atoms with Gasteiger partial charge in [-0.15, -0.1) is 9.42 Å².